The Kier molecular flexibility index (Phi) is 2.68. The molecule has 0 spiro atoms. The molecule has 0 amide bonds. The van der Waals surface area contributed by atoms with Crippen LogP contribution >= 0.6 is 23.2 Å². The van der Waals surface area contributed by atoms with Crippen molar-refractivity contribution in [2.45, 2.75) is 20.8 Å². The first kappa shape index (κ1) is 10.5. The number of hydrogen-bond donors (Lipinski definition) is 0. The van der Waals surface area contributed by atoms with E-state index in [2.05, 4.69) is 4.99 Å². The van der Waals surface area contributed by atoms with E-state index in [-0.39, 0.29) is 15.6 Å². The monoisotopic (exact) mass is 221 g/mol. The van der Waals surface area contributed by atoms with E-state index in [0.29, 0.717) is 5.90 Å². The van der Waals surface area contributed by atoms with E-state index in [1.165, 1.54) is 0 Å². The van der Waals surface area contributed by atoms with Gasteiger partial charge in [0.2, 0.25) is 5.90 Å². The van der Waals surface area contributed by atoms with Crippen LogP contribution in [0.1, 0.15) is 20.8 Å². The van der Waals surface area contributed by atoms with Crippen molar-refractivity contribution >= 4 is 35.1 Å². The van der Waals surface area contributed by atoms with E-state index in [9.17, 15) is 4.79 Å². The normalized spacial score (nSPS) is 17.2. The van der Waals surface area contributed by atoms with Gasteiger partial charge in [0.05, 0.1) is 0 Å². The van der Waals surface area contributed by atoms with Gasteiger partial charge < -0.3 is 4.74 Å². The van der Waals surface area contributed by atoms with Crippen LogP contribution in [0.15, 0.2) is 15.2 Å². The number of rotatable bonds is 0. The minimum atomic E-state index is -0.593. The second kappa shape index (κ2) is 3.31. The average molecular weight is 222 g/mol. The average Bonchev–Trinajstić information content (AvgIpc) is 2.29. The first-order chi connectivity index (χ1) is 5.82. The molecule has 3 nitrogen and oxygen atoms in total. The molecular weight excluding hydrogens is 213 g/mol. The Balaban J connectivity index is 3.05. The van der Waals surface area contributed by atoms with E-state index in [4.69, 9.17) is 27.9 Å². The van der Waals surface area contributed by atoms with Crippen LogP contribution in [0.4, 0.5) is 0 Å². The topological polar surface area (TPSA) is 38.7 Å². The molecular formula is C8H9Cl2NO2. The molecule has 0 radical (unpaired) electrons. The number of esters is 1. The molecule has 0 aliphatic carbocycles. The van der Waals surface area contributed by atoms with Gasteiger partial charge in [-0.2, -0.15) is 0 Å². The van der Waals surface area contributed by atoms with Crippen LogP contribution in [-0.4, -0.2) is 11.9 Å². The van der Waals surface area contributed by atoms with E-state index >= 15 is 0 Å². The minimum absolute atomic E-state index is 0.0201. The van der Waals surface area contributed by atoms with E-state index in [1.807, 2.05) is 20.8 Å². The van der Waals surface area contributed by atoms with Crippen LogP contribution in [0.3, 0.4) is 0 Å². The molecule has 0 aromatic heterocycles. The zero-order valence-electron chi connectivity index (χ0n) is 7.52. The summed E-state index contributed by atoms with van der Waals surface area (Å²) in [7, 11) is 0. The molecule has 0 fully saturated rings. The second-order valence-electron chi connectivity index (χ2n) is 3.67. The Morgan fingerprint density at radius 1 is 1.38 bits per heavy atom. The third kappa shape index (κ3) is 2.23. The van der Waals surface area contributed by atoms with Gasteiger partial charge in [-0.3, -0.25) is 0 Å². The number of ether oxygens (including phenoxy) is 1. The lowest BCUT2D eigenvalue weighted by Gasteiger charge is -2.15. The summed E-state index contributed by atoms with van der Waals surface area (Å²) in [6.07, 6.45) is 0. The first-order valence-electron chi connectivity index (χ1n) is 3.69. The number of carbonyl (C=O) groups excluding carboxylic acids is 1. The maximum absolute atomic E-state index is 11.1. The molecule has 1 aliphatic rings. The SMILES string of the molecule is CC(C)(C)C1=NC(=C(Cl)Cl)C(=O)O1. The Labute approximate surface area is 86.4 Å². The fraction of sp³-hybridized carbons (Fsp3) is 0.500. The van der Waals surface area contributed by atoms with Gasteiger partial charge in [-0.15, -0.1) is 0 Å². The first-order valence-corrected chi connectivity index (χ1v) is 4.44. The highest BCUT2D eigenvalue weighted by molar-refractivity contribution is 6.57. The minimum Gasteiger partial charge on any atom is -0.406 e. The van der Waals surface area contributed by atoms with Crippen LogP contribution in [0, 0.1) is 5.41 Å². The molecule has 0 saturated heterocycles. The molecule has 0 saturated carbocycles. The van der Waals surface area contributed by atoms with Crippen molar-refractivity contribution in [3.63, 3.8) is 0 Å². The Bertz CT molecular complexity index is 309. The van der Waals surface area contributed by atoms with Crippen LogP contribution < -0.4 is 0 Å². The maximum atomic E-state index is 11.1. The smallest absolute Gasteiger partial charge is 0.366 e. The standard InChI is InChI=1S/C8H9Cl2NO2/c1-8(2,3)7-11-4(5(9)10)6(12)13-7/h1-3H3. The van der Waals surface area contributed by atoms with Crippen molar-refractivity contribution in [1.82, 2.24) is 0 Å². The van der Waals surface area contributed by atoms with Gasteiger partial charge in [-0.05, 0) is 0 Å². The van der Waals surface area contributed by atoms with Gasteiger partial charge >= 0.3 is 5.97 Å². The summed E-state index contributed by atoms with van der Waals surface area (Å²) in [4.78, 5) is 15.0. The highest BCUT2D eigenvalue weighted by atomic mass is 35.5. The van der Waals surface area contributed by atoms with Gasteiger partial charge in [0.25, 0.3) is 0 Å². The van der Waals surface area contributed by atoms with Gasteiger partial charge in [-0.25, -0.2) is 9.79 Å². The lowest BCUT2D eigenvalue weighted by atomic mass is 9.97. The number of aliphatic imine (C=N–C) groups is 1. The number of nitrogens with zero attached hydrogens (tertiary/aromatic N) is 1. The number of carbonyl (C=O) groups is 1. The zero-order chi connectivity index (χ0) is 10.2. The maximum Gasteiger partial charge on any atom is 0.366 e. The molecule has 72 valence electrons. The van der Waals surface area contributed by atoms with E-state index in [1.54, 1.807) is 0 Å². The van der Waals surface area contributed by atoms with Crippen molar-refractivity contribution in [3.05, 3.63) is 10.2 Å². The molecule has 0 aromatic rings. The Morgan fingerprint density at radius 3 is 2.15 bits per heavy atom. The van der Waals surface area contributed by atoms with Gasteiger partial charge in [0.15, 0.2) is 5.70 Å². The predicted octanol–water partition coefficient (Wildman–Crippen LogP) is 2.63. The summed E-state index contributed by atoms with van der Waals surface area (Å²) in [6, 6.07) is 0. The summed E-state index contributed by atoms with van der Waals surface area (Å²) in [5.74, 6) is -0.253. The van der Waals surface area contributed by atoms with Crippen molar-refractivity contribution in [1.29, 1.82) is 0 Å². The van der Waals surface area contributed by atoms with Crippen LogP contribution in [-0.2, 0) is 9.53 Å². The molecule has 13 heavy (non-hydrogen) atoms. The second-order valence-corrected chi connectivity index (χ2v) is 4.61. The fourth-order valence-electron chi connectivity index (χ4n) is 0.746. The highest BCUT2D eigenvalue weighted by Crippen LogP contribution is 2.28. The molecule has 1 heterocycles. The largest absolute Gasteiger partial charge is 0.406 e. The Hall–Kier alpha value is -0.540. The quantitative estimate of drug-likeness (QED) is 0.466. The van der Waals surface area contributed by atoms with Crippen molar-refractivity contribution in [2.75, 3.05) is 0 Å². The number of cyclic esters (lactones) is 1. The molecule has 0 aromatic carbocycles. The van der Waals surface area contributed by atoms with Gasteiger partial charge in [0.1, 0.15) is 4.49 Å². The summed E-state index contributed by atoms with van der Waals surface area (Å²) >= 11 is 10.9. The summed E-state index contributed by atoms with van der Waals surface area (Å²) in [5, 5.41) is 0. The molecule has 0 unspecified atom stereocenters. The van der Waals surface area contributed by atoms with E-state index < -0.39 is 5.97 Å². The van der Waals surface area contributed by atoms with Gasteiger partial charge in [0, 0.05) is 5.41 Å². The lowest BCUT2D eigenvalue weighted by Crippen LogP contribution is -2.21. The number of hydrogen-bond acceptors (Lipinski definition) is 3. The third-order valence-electron chi connectivity index (χ3n) is 1.42. The zero-order valence-corrected chi connectivity index (χ0v) is 9.03. The summed E-state index contributed by atoms with van der Waals surface area (Å²) in [5.41, 5.74) is -0.339. The fourth-order valence-corrected chi connectivity index (χ4v) is 0.985. The summed E-state index contributed by atoms with van der Waals surface area (Å²) in [6.45, 7) is 5.64. The van der Waals surface area contributed by atoms with Crippen LogP contribution in [0.25, 0.3) is 0 Å². The molecule has 1 aliphatic heterocycles. The summed E-state index contributed by atoms with van der Waals surface area (Å²) < 4.78 is 4.72. The van der Waals surface area contributed by atoms with Crippen molar-refractivity contribution < 1.29 is 9.53 Å². The van der Waals surface area contributed by atoms with Crippen molar-refractivity contribution in [2.24, 2.45) is 10.4 Å². The lowest BCUT2D eigenvalue weighted by molar-refractivity contribution is -0.130. The highest BCUT2D eigenvalue weighted by Gasteiger charge is 2.32. The molecule has 5 heteroatoms. The van der Waals surface area contributed by atoms with Gasteiger partial charge in [-0.1, -0.05) is 44.0 Å². The molecule has 0 bridgehead atoms. The Morgan fingerprint density at radius 2 is 1.92 bits per heavy atom. The molecule has 1 rings (SSSR count). The van der Waals surface area contributed by atoms with Crippen molar-refractivity contribution in [3.8, 4) is 0 Å². The predicted molar refractivity (Wildman–Crippen MR) is 51.7 cm³/mol. The van der Waals surface area contributed by atoms with E-state index in [0.717, 1.165) is 0 Å². The van der Waals surface area contributed by atoms with Crippen LogP contribution in [0.5, 0.6) is 0 Å². The molecule has 0 atom stereocenters. The number of halogens is 2. The third-order valence-corrected chi connectivity index (χ3v) is 1.77. The molecule has 0 N–H and O–H groups in total. The van der Waals surface area contributed by atoms with Crippen LogP contribution in [0.2, 0.25) is 0 Å².